The molecular weight excluding hydrogens is 324 g/mol. The zero-order chi connectivity index (χ0) is 17.4. The van der Waals surface area contributed by atoms with E-state index in [1.165, 1.54) is 18.2 Å². The molecule has 1 saturated heterocycles. The highest BCUT2D eigenvalue weighted by atomic mass is 16.7. The van der Waals surface area contributed by atoms with Crippen molar-refractivity contribution in [2.75, 3.05) is 6.61 Å². The molecule has 5 unspecified atom stereocenters. The normalized spacial score (nSPS) is 30.4. The second-order valence-electron chi connectivity index (χ2n) is 5.42. The predicted molar refractivity (Wildman–Crippen MR) is 78.5 cm³/mol. The highest BCUT2D eigenvalue weighted by molar-refractivity contribution is 5.83. The number of hydrogen-bond donors (Lipinski definition) is 5. The van der Waals surface area contributed by atoms with Crippen LogP contribution in [-0.4, -0.2) is 62.8 Å². The van der Waals surface area contributed by atoms with Crippen molar-refractivity contribution >= 4 is 11.0 Å². The van der Waals surface area contributed by atoms with Gasteiger partial charge < -0.3 is 39.4 Å². The first-order valence-electron chi connectivity index (χ1n) is 7.15. The summed E-state index contributed by atoms with van der Waals surface area (Å²) >= 11 is 0. The van der Waals surface area contributed by atoms with Gasteiger partial charge in [-0.2, -0.15) is 0 Å². The van der Waals surface area contributed by atoms with Gasteiger partial charge in [-0.05, 0) is 12.1 Å². The lowest BCUT2D eigenvalue weighted by atomic mass is 9.99. The standard InChI is InChI=1S/C15H16O9/c16-5-10-12(19)13(20)14(21)15(24-10)22-6-1-2-7-8(17)4-11(18)23-9(7)3-6/h1-4,10,12-17,19-21H,5H2. The quantitative estimate of drug-likeness (QED) is 0.429. The second kappa shape index (κ2) is 6.38. The van der Waals surface area contributed by atoms with Gasteiger partial charge in [-0.1, -0.05) is 0 Å². The minimum atomic E-state index is -1.57. The van der Waals surface area contributed by atoms with Crippen LogP contribution in [0.2, 0.25) is 0 Å². The first kappa shape index (κ1) is 16.7. The van der Waals surface area contributed by atoms with Crippen LogP contribution in [0.5, 0.6) is 11.5 Å². The summed E-state index contributed by atoms with van der Waals surface area (Å²) in [5.41, 5.74) is -0.688. The molecule has 2 heterocycles. The van der Waals surface area contributed by atoms with Crippen LogP contribution in [0.25, 0.3) is 11.0 Å². The number of aromatic hydroxyl groups is 1. The number of hydrogen-bond acceptors (Lipinski definition) is 9. The van der Waals surface area contributed by atoms with Gasteiger partial charge in [-0.25, -0.2) is 4.79 Å². The molecule has 0 bridgehead atoms. The van der Waals surface area contributed by atoms with E-state index >= 15 is 0 Å². The summed E-state index contributed by atoms with van der Waals surface area (Å²) < 4.78 is 15.6. The van der Waals surface area contributed by atoms with Crippen molar-refractivity contribution in [3.63, 3.8) is 0 Å². The molecule has 1 aromatic heterocycles. The van der Waals surface area contributed by atoms with Gasteiger partial charge in [-0.3, -0.25) is 0 Å². The Labute approximate surface area is 134 Å². The lowest BCUT2D eigenvalue weighted by Crippen LogP contribution is -2.60. The molecule has 9 heteroatoms. The van der Waals surface area contributed by atoms with Crippen molar-refractivity contribution in [2.45, 2.75) is 30.7 Å². The van der Waals surface area contributed by atoms with Crippen LogP contribution < -0.4 is 10.4 Å². The van der Waals surface area contributed by atoms with Gasteiger partial charge in [0.05, 0.1) is 18.1 Å². The Morgan fingerprint density at radius 2 is 1.83 bits per heavy atom. The van der Waals surface area contributed by atoms with Crippen molar-refractivity contribution in [2.24, 2.45) is 0 Å². The highest BCUT2D eigenvalue weighted by Gasteiger charge is 2.44. The molecule has 5 N–H and O–H groups in total. The summed E-state index contributed by atoms with van der Waals surface area (Å²) in [5, 5.41) is 48.5. The van der Waals surface area contributed by atoms with Crippen LogP contribution in [0, 0.1) is 0 Å². The van der Waals surface area contributed by atoms with E-state index in [0.717, 1.165) is 6.07 Å². The monoisotopic (exact) mass is 340 g/mol. The van der Waals surface area contributed by atoms with Crippen molar-refractivity contribution in [1.29, 1.82) is 0 Å². The third-order valence-electron chi connectivity index (χ3n) is 3.79. The van der Waals surface area contributed by atoms with Crippen LogP contribution >= 0.6 is 0 Å². The van der Waals surface area contributed by atoms with Gasteiger partial charge in [0.15, 0.2) is 0 Å². The van der Waals surface area contributed by atoms with Gasteiger partial charge >= 0.3 is 5.63 Å². The predicted octanol–water partition coefficient (Wildman–Crippen LogP) is -1.32. The summed E-state index contributed by atoms with van der Waals surface area (Å²) in [6, 6.07) is 5.11. The van der Waals surface area contributed by atoms with Gasteiger partial charge in [-0.15, -0.1) is 0 Å². The fourth-order valence-electron chi connectivity index (χ4n) is 2.50. The van der Waals surface area contributed by atoms with E-state index in [-0.39, 0.29) is 22.5 Å². The number of fused-ring (bicyclic) bond motifs is 1. The average molecular weight is 340 g/mol. The molecule has 9 nitrogen and oxygen atoms in total. The summed E-state index contributed by atoms with van der Waals surface area (Å²) in [4.78, 5) is 11.3. The van der Waals surface area contributed by atoms with Gasteiger partial charge in [0, 0.05) is 6.07 Å². The highest BCUT2D eigenvalue weighted by Crippen LogP contribution is 2.29. The molecule has 0 saturated carbocycles. The van der Waals surface area contributed by atoms with Crippen molar-refractivity contribution < 1.29 is 39.4 Å². The Bertz CT molecular complexity index is 784. The van der Waals surface area contributed by atoms with E-state index in [9.17, 15) is 25.2 Å². The maximum Gasteiger partial charge on any atom is 0.339 e. The molecule has 2 aromatic rings. The number of aliphatic hydroxyl groups excluding tert-OH is 4. The van der Waals surface area contributed by atoms with E-state index < -0.39 is 42.9 Å². The van der Waals surface area contributed by atoms with Gasteiger partial charge in [0.25, 0.3) is 0 Å². The zero-order valence-electron chi connectivity index (χ0n) is 12.3. The van der Waals surface area contributed by atoms with Crippen LogP contribution in [0.4, 0.5) is 0 Å². The molecule has 130 valence electrons. The largest absolute Gasteiger partial charge is 0.507 e. The molecule has 1 aliphatic rings. The number of benzene rings is 1. The first-order chi connectivity index (χ1) is 11.4. The van der Waals surface area contributed by atoms with E-state index in [0.29, 0.717) is 0 Å². The third kappa shape index (κ3) is 2.95. The topological polar surface area (TPSA) is 150 Å². The zero-order valence-corrected chi connectivity index (χ0v) is 12.3. The molecule has 5 atom stereocenters. The molecule has 0 radical (unpaired) electrons. The minimum absolute atomic E-state index is 0.0575. The van der Waals surface area contributed by atoms with Crippen LogP contribution in [0.15, 0.2) is 33.5 Å². The molecule has 24 heavy (non-hydrogen) atoms. The van der Waals surface area contributed by atoms with E-state index in [2.05, 4.69) is 0 Å². The summed E-state index contributed by atoms with van der Waals surface area (Å²) in [7, 11) is 0. The lowest BCUT2D eigenvalue weighted by Gasteiger charge is -2.39. The van der Waals surface area contributed by atoms with Crippen molar-refractivity contribution in [3.05, 3.63) is 34.7 Å². The van der Waals surface area contributed by atoms with Gasteiger partial charge in [0.1, 0.15) is 41.5 Å². The molecule has 1 aliphatic heterocycles. The smallest absolute Gasteiger partial charge is 0.339 e. The van der Waals surface area contributed by atoms with Crippen molar-refractivity contribution in [3.8, 4) is 11.5 Å². The third-order valence-corrected chi connectivity index (χ3v) is 3.79. The molecule has 1 fully saturated rings. The van der Waals surface area contributed by atoms with E-state index in [1.807, 2.05) is 0 Å². The van der Waals surface area contributed by atoms with Gasteiger partial charge in [0.2, 0.25) is 6.29 Å². The minimum Gasteiger partial charge on any atom is -0.507 e. The van der Waals surface area contributed by atoms with E-state index in [4.69, 9.17) is 19.0 Å². The Morgan fingerprint density at radius 1 is 1.08 bits per heavy atom. The average Bonchev–Trinajstić information content (AvgIpc) is 2.55. The maximum atomic E-state index is 11.3. The second-order valence-corrected chi connectivity index (χ2v) is 5.42. The maximum absolute atomic E-state index is 11.3. The SMILES string of the molecule is O=c1cc(O)c2ccc(OC3OC(CO)C(O)C(O)C3O)cc2o1. The molecule has 1 aromatic carbocycles. The molecule has 0 spiro atoms. The first-order valence-corrected chi connectivity index (χ1v) is 7.15. The fraction of sp³-hybridized carbons (Fsp3) is 0.400. The molecule has 3 rings (SSSR count). The summed E-state index contributed by atoms with van der Waals surface area (Å²) in [6.07, 6.45) is -7.08. The molecule has 0 aliphatic carbocycles. The Balaban J connectivity index is 1.87. The molecular formula is C15H16O9. The Hall–Kier alpha value is -2.17. The Kier molecular flexibility index (Phi) is 4.43. The summed E-state index contributed by atoms with van der Waals surface area (Å²) in [6.45, 7) is -0.578. The fourth-order valence-corrected chi connectivity index (χ4v) is 2.50. The van der Waals surface area contributed by atoms with Crippen LogP contribution in [0.1, 0.15) is 0 Å². The van der Waals surface area contributed by atoms with E-state index in [1.54, 1.807) is 0 Å². The number of aliphatic hydroxyl groups is 4. The lowest BCUT2D eigenvalue weighted by molar-refractivity contribution is -0.277. The van der Waals surface area contributed by atoms with Crippen LogP contribution in [-0.2, 0) is 4.74 Å². The number of rotatable bonds is 3. The van der Waals surface area contributed by atoms with Crippen molar-refractivity contribution in [1.82, 2.24) is 0 Å². The Morgan fingerprint density at radius 3 is 2.54 bits per heavy atom. The van der Waals surface area contributed by atoms with Crippen LogP contribution in [0.3, 0.4) is 0 Å². The summed E-state index contributed by atoms with van der Waals surface area (Å²) in [5.74, 6) is -0.124. The molecule has 0 amide bonds. The number of ether oxygens (including phenoxy) is 2.